The molecular formula is C14H19BrN4OS. The highest BCUT2D eigenvalue weighted by Gasteiger charge is 2.09. The van der Waals surface area contributed by atoms with Gasteiger partial charge in [-0.1, -0.05) is 13.8 Å². The number of nitrogens with zero attached hydrogens (tertiary/aromatic N) is 3. The van der Waals surface area contributed by atoms with E-state index in [1.807, 2.05) is 12.3 Å². The van der Waals surface area contributed by atoms with Gasteiger partial charge in [0.05, 0.1) is 16.9 Å². The molecule has 5 nitrogen and oxygen atoms in total. The van der Waals surface area contributed by atoms with Gasteiger partial charge >= 0.3 is 0 Å². The van der Waals surface area contributed by atoms with Crippen LogP contribution in [-0.4, -0.2) is 21.3 Å². The van der Waals surface area contributed by atoms with Crippen molar-refractivity contribution in [1.29, 1.82) is 0 Å². The van der Waals surface area contributed by atoms with Crippen molar-refractivity contribution in [3.05, 3.63) is 37.1 Å². The lowest BCUT2D eigenvalue weighted by atomic mass is 10.2. The van der Waals surface area contributed by atoms with Gasteiger partial charge < -0.3 is 5.32 Å². The minimum atomic E-state index is -0.0983. The number of anilines is 1. The van der Waals surface area contributed by atoms with E-state index in [-0.39, 0.29) is 5.56 Å². The highest BCUT2D eigenvalue weighted by Crippen LogP contribution is 2.17. The summed E-state index contributed by atoms with van der Waals surface area (Å²) in [5, 5.41) is 10.6. The summed E-state index contributed by atoms with van der Waals surface area (Å²) < 4.78 is 2.03. The summed E-state index contributed by atoms with van der Waals surface area (Å²) in [7, 11) is 0. The van der Waals surface area contributed by atoms with Crippen LogP contribution in [-0.2, 0) is 13.0 Å². The molecule has 0 aliphatic heterocycles. The smallest absolute Gasteiger partial charge is 0.283 e. The third-order valence-corrected chi connectivity index (χ3v) is 4.64. The topological polar surface area (TPSA) is 59.8 Å². The van der Waals surface area contributed by atoms with E-state index < -0.39 is 0 Å². The summed E-state index contributed by atoms with van der Waals surface area (Å²) in [4.78, 5) is 16.6. The van der Waals surface area contributed by atoms with Gasteiger partial charge in [-0.2, -0.15) is 5.10 Å². The van der Waals surface area contributed by atoms with Crippen LogP contribution < -0.4 is 10.9 Å². The highest BCUT2D eigenvalue weighted by molar-refractivity contribution is 9.10. The Balaban J connectivity index is 2.00. The average Bonchev–Trinajstić information content (AvgIpc) is 2.83. The molecule has 0 aliphatic carbocycles. The molecule has 1 N–H and O–H groups in total. The van der Waals surface area contributed by atoms with Crippen LogP contribution in [0.25, 0.3) is 0 Å². The number of nitrogens with one attached hydrogen (secondary N) is 1. The van der Waals surface area contributed by atoms with Gasteiger partial charge in [-0.25, -0.2) is 9.67 Å². The van der Waals surface area contributed by atoms with Crippen LogP contribution in [0.2, 0.25) is 0 Å². The molecule has 0 saturated heterocycles. The number of hydrogen-bond donors (Lipinski definition) is 1. The maximum atomic E-state index is 12.2. The first-order valence-electron chi connectivity index (χ1n) is 6.88. The molecule has 2 heterocycles. The lowest BCUT2D eigenvalue weighted by molar-refractivity contribution is 0.462. The summed E-state index contributed by atoms with van der Waals surface area (Å²) in [5.74, 6) is 0.383. The van der Waals surface area contributed by atoms with Gasteiger partial charge in [0.2, 0.25) is 0 Å². The molecule has 0 radical (unpaired) electrons. The molecule has 2 aromatic rings. The van der Waals surface area contributed by atoms with E-state index in [1.54, 1.807) is 17.5 Å². The van der Waals surface area contributed by atoms with Crippen LogP contribution >= 0.6 is 27.3 Å². The van der Waals surface area contributed by atoms with Crippen molar-refractivity contribution < 1.29 is 0 Å². The van der Waals surface area contributed by atoms with Crippen LogP contribution in [0, 0.1) is 12.8 Å². The molecule has 0 atom stereocenters. The predicted octanol–water partition coefficient (Wildman–Crippen LogP) is 3.08. The van der Waals surface area contributed by atoms with E-state index >= 15 is 0 Å². The summed E-state index contributed by atoms with van der Waals surface area (Å²) in [5.41, 5.74) is 1.68. The lowest BCUT2D eigenvalue weighted by Crippen LogP contribution is -2.26. The van der Waals surface area contributed by atoms with Crippen molar-refractivity contribution >= 4 is 33.0 Å². The van der Waals surface area contributed by atoms with Crippen molar-refractivity contribution in [3.63, 3.8) is 0 Å². The Morgan fingerprint density at radius 2 is 2.24 bits per heavy atom. The van der Waals surface area contributed by atoms with Crippen LogP contribution in [0.15, 0.2) is 20.8 Å². The number of hydrogen-bond acceptors (Lipinski definition) is 5. The largest absolute Gasteiger partial charge is 0.382 e. The molecule has 0 bridgehead atoms. The van der Waals surface area contributed by atoms with Crippen molar-refractivity contribution in [2.24, 2.45) is 5.92 Å². The second-order valence-corrected chi connectivity index (χ2v) is 7.05. The minimum Gasteiger partial charge on any atom is -0.382 e. The van der Waals surface area contributed by atoms with Crippen molar-refractivity contribution in [2.75, 3.05) is 11.9 Å². The molecule has 0 aromatic carbocycles. The Kier molecular flexibility index (Phi) is 5.52. The van der Waals surface area contributed by atoms with E-state index in [1.165, 1.54) is 4.68 Å². The van der Waals surface area contributed by atoms with Crippen LogP contribution in [0.3, 0.4) is 0 Å². The Morgan fingerprint density at radius 1 is 1.48 bits per heavy atom. The molecular weight excluding hydrogens is 352 g/mol. The average molecular weight is 371 g/mol. The van der Waals surface area contributed by atoms with Crippen molar-refractivity contribution in [3.8, 4) is 0 Å². The van der Waals surface area contributed by atoms with E-state index in [9.17, 15) is 4.79 Å². The third-order valence-electron chi connectivity index (χ3n) is 2.84. The number of rotatable bonds is 6. The molecule has 0 spiro atoms. The van der Waals surface area contributed by atoms with Crippen molar-refractivity contribution in [2.45, 2.75) is 33.7 Å². The Bertz CT molecular complexity index is 665. The monoisotopic (exact) mass is 370 g/mol. The van der Waals surface area contributed by atoms with E-state index in [0.717, 1.165) is 29.4 Å². The molecule has 0 fully saturated rings. The first-order chi connectivity index (χ1) is 9.97. The Hall–Kier alpha value is -1.21. The zero-order chi connectivity index (χ0) is 15.4. The maximum absolute atomic E-state index is 12.2. The molecule has 0 unspecified atom stereocenters. The van der Waals surface area contributed by atoms with Gasteiger partial charge in [-0.05, 0) is 28.8 Å². The minimum absolute atomic E-state index is 0.0983. The summed E-state index contributed by atoms with van der Waals surface area (Å²) in [6.07, 6.45) is 2.53. The fourth-order valence-corrected chi connectivity index (χ4v) is 3.11. The van der Waals surface area contributed by atoms with E-state index in [0.29, 0.717) is 16.9 Å². The number of aromatic nitrogens is 3. The summed E-state index contributed by atoms with van der Waals surface area (Å²) >= 11 is 5.02. The second kappa shape index (κ2) is 7.17. The molecule has 0 amide bonds. The molecule has 2 rings (SSSR count). The molecule has 0 saturated carbocycles. The predicted molar refractivity (Wildman–Crippen MR) is 90.1 cm³/mol. The lowest BCUT2D eigenvalue weighted by Gasteiger charge is -2.11. The van der Waals surface area contributed by atoms with E-state index in [4.69, 9.17) is 0 Å². The second-order valence-electron chi connectivity index (χ2n) is 5.31. The quantitative estimate of drug-likeness (QED) is 0.848. The first-order valence-corrected chi connectivity index (χ1v) is 8.55. The molecule has 2 aromatic heterocycles. The number of thiazole rings is 1. The summed E-state index contributed by atoms with van der Waals surface area (Å²) in [6, 6.07) is 0. The SMILES string of the molecule is Cc1csc(CCNc2cnn(CC(C)C)c(=O)c2Br)n1. The van der Waals surface area contributed by atoms with Crippen molar-refractivity contribution in [1.82, 2.24) is 14.8 Å². The van der Waals surface area contributed by atoms with Gasteiger partial charge in [-0.3, -0.25) is 4.79 Å². The van der Waals surface area contributed by atoms with E-state index in [2.05, 4.69) is 45.2 Å². The molecule has 114 valence electrons. The normalized spacial score (nSPS) is 11.1. The molecule has 0 aliphatic rings. The zero-order valence-corrected chi connectivity index (χ0v) is 14.8. The van der Waals surface area contributed by atoms with Crippen LogP contribution in [0.4, 0.5) is 5.69 Å². The number of halogens is 1. The fraction of sp³-hybridized carbons (Fsp3) is 0.500. The Labute approximate surface area is 136 Å². The zero-order valence-electron chi connectivity index (χ0n) is 12.4. The first kappa shape index (κ1) is 16.2. The van der Waals surface area contributed by atoms with Gasteiger partial charge in [0, 0.05) is 30.6 Å². The molecule has 7 heteroatoms. The number of aryl methyl sites for hydroxylation is 1. The summed E-state index contributed by atoms with van der Waals surface area (Å²) in [6.45, 7) is 7.45. The third kappa shape index (κ3) is 4.38. The standard InChI is InChI=1S/C14H19BrN4OS/c1-9(2)7-19-14(20)13(15)11(6-17-19)16-5-4-12-18-10(3)8-21-12/h6,8-9,16H,4-5,7H2,1-3H3. The Morgan fingerprint density at radius 3 is 2.86 bits per heavy atom. The van der Waals surface area contributed by atoms with Crippen LogP contribution in [0.1, 0.15) is 24.5 Å². The maximum Gasteiger partial charge on any atom is 0.283 e. The van der Waals surface area contributed by atoms with Gasteiger partial charge in [0.25, 0.3) is 5.56 Å². The highest BCUT2D eigenvalue weighted by atomic mass is 79.9. The fourth-order valence-electron chi connectivity index (χ4n) is 1.89. The molecule has 21 heavy (non-hydrogen) atoms. The van der Waals surface area contributed by atoms with Gasteiger partial charge in [0.15, 0.2) is 0 Å². The van der Waals surface area contributed by atoms with Gasteiger partial charge in [0.1, 0.15) is 4.47 Å². The van der Waals surface area contributed by atoms with Crippen LogP contribution in [0.5, 0.6) is 0 Å². The van der Waals surface area contributed by atoms with Gasteiger partial charge in [-0.15, -0.1) is 11.3 Å².